The molecule has 7 unspecified atom stereocenters. The number of rotatable bonds is 2. The molecule has 0 N–H and O–H groups in total. The highest BCUT2D eigenvalue weighted by atomic mass is 16.6. The Labute approximate surface area is 174 Å². The summed E-state index contributed by atoms with van der Waals surface area (Å²) in [5, 5.41) is 0. The van der Waals surface area contributed by atoms with Gasteiger partial charge in [-0.2, -0.15) is 0 Å². The van der Waals surface area contributed by atoms with Crippen LogP contribution >= 0.6 is 0 Å². The van der Waals surface area contributed by atoms with E-state index in [0.29, 0.717) is 24.2 Å². The molecule has 0 aromatic rings. The van der Waals surface area contributed by atoms with E-state index >= 15 is 0 Å². The van der Waals surface area contributed by atoms with E-state index in [0.717, 1.165) is 44.9 Å². The SMILES string of the molecule is CC(=O)OC1(C(C)=O)C(C)CCC2C3CCC4=CC(=O)CCC4(C)C3CCC21C. The zero-order valence-corrected chi connectivity index (χ0v) is 18.7. The van der Waals surface area contributed by atoms with Crippen LogP contribution in [-0.2, 0) is 19.1 Å². The van der Waals surface area contributed by atoms with Gasteiger partial charge in [0.1, 0.15) is 0 Å². The number of fused-ring (bicyclic) bond motifs is 5. The van der Waals surface area contributed by atoms with Crippen molar-refractivity contribution in [2.24, 2.45) is 34.5 Å². The Kier molecular flexibility index (Phi) is 4.87. The minimum atomic E-state index is -1.01. The third-order valence-electron chi connectivity index (χ3n) is 9.63. The molecule has 160 valence electrons. The summed E-state index contributed by atoms with van der Waals surface area (Å²) in [5.74, 6) is 1.48. The van der Waals surface area contributed by atoms with Crippen LogP contribution in [0.2, 0.25) is 0 Å². The Morgan fingerprint density at radius 2 is 1.72 bits per heavy atom. The van der Waals surface area contributed by atoms with Crippen molar-refractivity contribution in [1.82, 2.24) is 0 Å². The Morgan fingerprint density at radius 1 is 1.00 bits per heavy atom. The fraction of sp³-hybridized carbons (Fsp3) is 0.800. The molecule has 4 aliphatic rings. The van der Waals surface area contributed by atoms with Crippen LogP contribution in [0.3, 0.4) is 0 Å². The average molecular weight is 401 g/mol. The minimum Gasteiger partial charge on any atom is -0.450 e. The van der Waals surface area contributed by atoms with Crippen LogP contribution in [0.15, 0.2) is 11.6 Å². The molecule has 7 atom stereocenters. The summed E-state index contributed by atoms with van der Waals surface area (Å²) in [4.78, 5) is 37.2. The van der Waals surface area contributed by atoms with Gasteiger partial charge in [-0.25, -0.2) is 0 Å². The summed E-state index contributed by atoms with van der Waals surface area (Å²) in [6.45, 7) is 9.75. The maximum Gasteiger partial charge on any atom is 0.303 e. The van der Waals surface area contributed by atoms with Gasteiger partial charge in [0.2, 0.25) is 0 Å². The van der Waals surface area contributed by atoms with Crippen molar-refractivity contribution in [1.29, 1.82) is 0 Å². The predicted octanol–water partition coefficient (Wildman–Crippen LogP) is 5.05. The molecule has 0 aliphatic heterocycles. The number of hydrogen-bond acceptors (Lipinski definition) is 4. The summed E-state index contributed by atoms with van der Waals surface area (Å²) in [7, 11) is 0. The molecule has 4 rings (SSSR count). The number of ether oxygens (including phenoxy) is 1. The van der Waals surface area contributed by atoms with Gasteiger partial charge in [-0.05, 0) is 81.1 Å². The summed E-state index contributed by atoms with van der Waals surface area (Å²) in [6, 6.07) is 0. The van der Waals surface area contributed by atoms with Crippen molar-refractivity contribution < 1.29 is 19.1 Å². The molecule has 0 aromatic heterocycles. The number of carbonyl (C=O) groups is 3. The fourth-order valence-corrected chi connectivity index (χ4v) is 8.33. The lowest BCUT2D eigenvalue weighted by molar-refractivity contribution is -0.227. The summed E-state index contributed by atoms with van der Waals surface area (Å²) < 4.78 is 6.01. The molecular formula is C25H36O4. The first-order chi connectivity index (χ1) is 13.6. The summed E-state index contributed by atoms with van der Waals surface area (Å²) in [5.41, 5.74) is 0.153. The Morgan fingerprint density at radius 3 is 2.38 bits per heavy atom. The highest BCUT2D eigenvalue weighted by molar-refractivity contribution is 5.91. The van der Waals surface area contributed by atoms with Crippen molar-refractivity contribution in [3.63, 3.8) is 0 Å². The van der Waals surface area contributed by atoms with E-state index in [1.54, 1.807) is 6.92 Å². The second-order valence-corrected chi connectivity index (χ2v) is 10.8. The van der Waals surface area contributed by atoms with E-state index in [1.807, 2.05) is 6.08 Å². The van der Waals surface area contributed by atoms with Crippen LogP contribution in [0.25, 0.3) is 0 Å². The quantitative estimate of drug-likeness (QED) is 0.609. The van der Waals surface area contributed by atoms with Gasteiger partial charge >= 0.3 is 5.97 Å². The van der Waals surface area contributed by atoms with Crippen molar-refractivity contribution in [3.8, 4) is 0 Å². The van der Waals surface area contributed by atoms with Gasteiger partial charge in [-0.3, -0.25) is 14.4 Å². The Balaban J connectivity index is 1.75. The molecular weight excluding hydrogens is 364 g/mol. The molecule has 0 amide bonds. The largest absolute Gasteiger partial charge is 0.450 e. The van der Waals surface area contributed by atoms with Crippen molar-refractivity contribution in [2.75, 3.05) is 0 Å². The number of carbonyl (C=O) groups excluding carboxylic acids is 3. The molecule has 4 heteroatoms. The topological polar surface area (TPSA) is 60.4 Å². The average Bonchev–Trinajstić information content (AvgIpc) is 2.64. The van der Waals surface area contributed by atoms with E-state index < -0.39 is 5.60 Å². The van der Waals surface area contributed by atoms with E-state index in [-0.39, 0.29) is 34.3 Å². The molecule has 29 heavy (non-hydrogen) atoms. The standard InChI is InChI=1S/C25H36O4/c1-15-6-9-22-20-8-7-18-14-19(28)10-12-23(18,4)21(20)11-13-24(22,5)25(15,16(2)26)29-17(3)27/h14-15,20-22H,6-13H2,1-5H3. The zero-order chi connectivity index (χ0) is 21.2. The van der Waals surface area contributed by atoms with Crippen molar-refractivity contribution in [2.45, 2.75) is 91.6 Å². The molecule has 3 saturated carbocycles. The number of hydrogen-bond donors (Lipinski definition) is 0. The molecule has 3 fully saturated rings. The highest BCUT2D eigenvalue weighted by Crippen LogP contribution is 2.67. The maximum absolute atomic E-state index is 13.1. The molecule has 0 bridgehead atoms. The van der Waals surface area contributed by atoms with Crippen molar-refractivity contribution in [3.05, 3.63) is 11.6 Å². The highest BCUT2D eigenvalue weighted by Gasteiger charge is 2.67. The molecule has 0 heterocycles. The normalized spacial score (nSPS) is 46.7. The van der Waals surface area contributed by atoms with E-state index in [9.17, 15) is 14.4 Å². The summed E-state index contributed by atoms with van der Waals surface area (Å²) in [6.07, 6.45) is 9.61. The second kappa shape index (κ2) is 6.78. The number of esters is 1. The van der Waals surface area contributed by atoms with Gasteiger partial charge in [0.25, 0.3) is 0 Å². The third kappa shape index (κ3) is 2.73. The molecule has 0 radical (unpaired) electrons. The monoisotopic (exact) mass is 400 g/mol. The maximum atomic E-state index is 13.1. The Bertz CT molecular complexity index is 782. The second-order valence-electron chi connectivity index (χ2n) is 10.8. The number of allylic oxidation sites excluding steroid dienone is 2. The lowest BCUT2D eigenvalue weighted by Gasteiger charge is -2.65. The van der Waals surface area contributed by atoms with Crippen LogP contribution in [0.5, 0.6) is 0 Å². The first kappa shape index (κ1) is 20.8. The van der Waals surface area contributed by atoms with E-state index in [1.165, 1.54) is 12.5 Å². The van der Waals surface area contributed by atoms with E-state index in [4.69, 9.17) is 4.74 Å². The van der Waals surface area contributed by atoms with Crippen LogP contribution in [-0.4, -0.2) is 23.1 Å². The van der Waals surface area contributed by atoms with Gasteiger partial charge < -0.3 is 4.74 Å². The van der Waals surface area contributed by atoms with Gasteiger partial charge in [0.05, 0.1) is 0 Å². The van der Waals surface area contributed by atoms with Gasteiger partial charge in [-0.15, -0.1) is 0 Å². The summed E-state index contributed by atoms with van der Waals surface area (Å²) >= 11 is 0. The molecule has 4 nitrogen and oxygen atoms in total. The first-order valence-electron chi connectivity index (χ1n) is 11.5. The van der Waals surface area contributed by atoms with Crippen molar-refractivity contribution >= 4 is 17.5 Å². The number of ketones is 2. The predicted molar refractivity (Wildman–Crippen MR) is 111 cm³/mol. The zero-order valence-electron chi connectivity index (χ0n) is 18.7. The third-order valence-corrected chi connectivity index (χ3v) is 9.63. The molecule has 0 aromatic carbocycles. The van der Waals surface area contributed by atoms with Crippen LogP contribution in [0.1, 0.15) is 86.0 Å². The first-order valence-corrected chi connectivity index (χ1v) is 11.5. The van der Waals surface area contributed by atoms with Gasteiger partial charge in [0.15, 0.2) is 17.2 Å². The van der Waals surface area contributed by atoms with Gasteiger partial charge in [0, 0.05) is 24.7 Å². The molecule has 0 spiro atoms. The van der Waals surface area contributed by atoms with E-state index in [2.05, 4.69) is 20.8 Å². The minimum absolute atomic E-state index is 0.0109. The number of Topliss-reactive ketones (excluding diaryl/α,β-unsaturated/α-hetero) is 1. The molecule has 4 aliphatic carbocycles. The lowest BCUT2D eigenvalue weighted by Crippen LogP contribution is -2.67. The molecule has 0 saturated heterocycles. The van der Waals surface area contributed by atoms with Crippen LogP contribution in [0.4, 0.5) is 0 Å². The lowest BCUT2D eigenvalue weighted by atomic mass is 9.40. The van der Waals surface area contributed by atoms with Crippen LogP contribution < -0.4 is 0 Å². The van der Waals surface area contributed by atoms with Crippen LogP contribution in [0, 0.1) is 34.5 Å². The fourth-order valence-electron chi connectivity index (χ4n) is 8.33. The Hall–Kier alpha value is -1.45. The smallest absolute Gasteiger partial charge is 0.303 e. The van der Waals surface area contributed by atoms with Gasteiger partial charge in [-0.1, -0.05) is 26.3 Å².